The maximum atomic E-state index is 12.8. The third-order valence-corrected chi connectivity index (χ3v) is 16.5. The second kappa shape index (κ2) is 9.70. The van der Waals surface area contributed by atoms with Crippen LogP contribution < -0.4 is 11.2 Å². The summed E-state index contributed by atoms with van der Waals surface area (Å²) in [6, 6.07) is 2.13. The lowest BCUT2D eigenvalue weighted by molar-refractivity contribution is -0.0484. The number of nitrogens with zero attached hydrogens (tertiary/aromatic N) is 2. The number of nitriles is 1. The quantitative estimate of drug-likeness (QED) is 0.445. The van der Waals surface area contributed by atoms with Crippen LogP contribution in [0.2, 0.25) is 36.3 Å². The van der Waals surface area contributed by atoms with Gasteiger partial charge < -0.3 is 13.6 Å². The van der Waals surface area contributed by atoms with Gasteiger partial charge >= 0.3 is 5.69 Å². The van der Waals surface area contributed by atoms with Gasteiger partial charge in [-0.2, -0.15) is 5.26 Å². The van der Waals surface area contributed by atoms with Crippen molar-refractivity contribution in [3.63, 3.8) is 0 Å². The number of rotatable bonds is 6. The molecular weight excluding hydrogens is 466 g/mol. The Morgan fingerprint density at radius 3 is 2.18 bits per heavy atom. The highest BCUT2D eigenvalue weighted by molar-refractivity contribution is 6.74. The minimum Gasteiger partial charge on any atom is -0.414 e. The number of hydrogen-bond acceptors (Lipinski definition) is 6. The van der Waals surface area contributed by atoms with E-state index in [1.54, 1.807) is 6.92 Å². The van der Waals surface area contributed by atoms with Gasteiger partial charge in [-0.15, -0.1) is 0 Å². The largest absolute Gasteiger partial charge is 0.414 e. The number of H-pyrrole nitrogens is 1. The smallest absolute Gasteiger partial charge is 0.330 e. The first-order valence-electron chi connectivity index (χ1n) is 11.7. The third-order valence-electron chi connectivity index (χ3n) is 7.54. The topological polar surface area (TPSA) is 106 Å². The first-order valence-corrected chi connectivity index (χ1v) is 17.5. The van der Waals surface area contributed by atoms with E-state index in [9.17, 15) is 14.9 Å². The first-order chi connectivity index (χ1) is 15.3. The van der Waals surface area contributed by atoms with Gasteiger partial charge in [0.2, 0.25) is 0 Å². The number of allylic oxidation sites excluding steroid dienone is 1. The zero-order valence-corrected chi connectivity index (χ0v) is 24.5. The van der Waals surface area contributed by atoms with Crippen LogP contribution in [-0.2, 0) is 13.6 Å². The Labute approximate surface area is 205 Å². The molecule has 0 aromatic carbocycles. The maximum absolute atomic E-state index is 12.8. The van der Waals surface area contributed by atoms with Crippen molar-refractivity contribution in [1.29, 1.82) is 5.26 Å². The maximum Gasteiger partial charge on any atom is 0.330 e. The average molecular weight is 508 g/mol. The lowest BCUT2D eigenvalue weighted by Gasteiger charge is -2.39. The van der Waals surface area contributed by atoms with Gasteiger partial charge in [0.15, 0.2) is 22.9 Å². The molecule has 2 rings (SSSR count). The van der Waals surface area contributed by atoms with Gasteiger partial charge in [0.05, 0.1) is 12.7 Å². The van der Waals surface area contributed by atoms with Crippen LogP contribution in [0.5, 0.6) is 0 Å². The molecule has 1 N–H and O–H groups in total. The van der Waals surface area contributed by atoms with E-state index in [0.29, 0.717) is 11.1 Å². The highest BCUT2D eigenvalue weighted by atomic mass is 28.4. The molecule has 1 saturated heterocycles. The second-order valence-corrected chi connectivity index (χ2v) is 21.7. The van der Waals surface area contributed by atoms with Crippen molar-refractivity contribution in [2.24, 2.45) is 0 Å². The summed E-state index contributed by atoms with van der Waals surface area (Å²) in [6.07, 6.45) is 0.921. The number of nitrogens with one attached hydrogen (secondary N) is 1. The second-order valence-electron chi connectivity index (χ2n) is 12.1. The van der Waals surface area contributed by atoms with Crippen molar-refractivity contribution in [2.75, 3.05) is 6.61 Å². The normalized spacial score (nSPS) is 23.4. The fourth-order valence-corrected chi connectivity index (χ4v) is 5.40. The van der Waals surface area contributed by atoms with Crippen molar-refractivity contribution in [3.8, 4) is 6.07 Å². The number of aromatic nitrogens is 2. The Morgan fingerprint density at radius 2 is 1.68 bits per heavy atom. The molecule has 1 aromatic heterocycles. The van der Waals surface area contributed by atoms with Crippen LogP contribution in [-0.4, -0.2) is 45.0 Å². The molecule has 1 aromatic rings. The predicted octanol–water partition coefficient (Wildman–Crippen LogP) is 4.60. The highest BCUT2D eigenvalue weighted by Gasteiger charge is 2.49. The van der Waals surface area contributed by atoms with Crippen molar-refractivity contribution in [1.82, 2.24) is 9.55 Å². The SMILES string of the molecule is Cc1cn(C2OC(CO[Si](C)(C)C(C)(C)C)/C(=C\C#N)C2O[Si](C)(C)C(C)(C)C)c(=O)[nH]c1=O. The summed E-state index contributed by atoms with van der Waals surface area (Å²) < 4.78 is 20.9. The van der Waals surface area contributed by atoms with Crippen molar-refractivity contribution in [2.45, 2.75) is 103 Å². The van der Waals surface area contributed by atoms with Crippen molar-refractivity contribution < 1.29 is 13.6 Å². The summed E-state index contributed by atoms with van der Waals surface area (Å²) in [5.41, 5.74) is 0.0336. The Hall–Kier alpha value is -1.78. The van der Waals surface area contributed by atoms with E-state index < -0.39 is 46.3 Å². The lowest BCUT2D eigenvalue weighted by atomic mass is 10.1. The zero-order valence-electron chi connectivity index (χ0n) is 22.5. The Kier molecular flexibility index (Phi) is 8.12. The lowest BCUT2D eigenvalue weighted by Crippen LogP contribution is -2.47. The molecule has 3 atom stereocenters. The van der Waals surface area contributed by atoms with Crippen LogP contribution in [0.25, 0.3) is 0 Å². The Morgan fingerprint density at radius 1 is 1.12 bits per heavy atom. The van der Waals surface area contributed by atoms with Crippen molar-refractivity contribution >= 4 is 16.6 Å². The fourth-order valence-electron chi connectivity index (χ4n) is 3.16. The first kappa shape index (κ1) is 28.5. The number of ether oxygens (including phenoxy) is 1. The summed E-state index contributed by atoms with van der Waals surface area (Å²) in [7, 11) is -4.42. The molecule has 1 fully saturated rings. The molecule has 1 aliphatic heterocycles. The molecule has 190 valence electrons. The molecule has 10 heteroatoms. The van der Waals surface area contributed by atoms with Crippen LogP contribution in [0.3, 0.4) is 0 Å². The zero-order chi connectivity index (χ0) is 26.3. The van der Waals surface area contributed by atoms with E-state index in [1.807, 2.05) is 0 Å². The van der Waals surface area contributed by atoms with E-state index in [2.05, 4.69) is 78.8 Å². The third kappa shape index (κ3) is 5.89. The van der Waals surface area contributed by atoms with Gasteiger partial charge in [-0.1, -0.05) is 41.5 Å². The van der Waals surface area contributed by atoms with Gasteiger partial charge in [0.25, 0.3) is 5.56 Å². The van der Waals surface area contributed by atoms with E-state index in [1.165, 1.54) is 16.8 Å². The molecule has 0 bridgehead atoms. The molecule has 8 nitrogen and oxygen atoms in total. The van der Waals surface area contributed by atoms with E-state index in [0.717, 1.165) is 0 Å². The summed E-state index contributed by atoms with van der Waals surface area (Å²) in [5.74, 6) is 0. The van der Waals surface area contributed by atoms with Crippen LogP contribution >= 0.6 is 0 Å². The van der Waals surface area contributed by atoms with Gasteiger partial charge in [-0.3, -0.25) is 14.3 Å². The Bertz CT molecular complexity index is 1080. The molecule has 34 heavy (non-hydrogen) atoms. The van der Waals surface area contributed by atoms with Gasteiger partial charge in [0.1, 0.15) is 12.2 Å². The standard InChI is InChI=1S/C24H41N3O5Si2/c1-16-14-27(22(29)26-20(16)28)21-19(32-34(10,11)24(5,6)7)17(12-13-25)18(31-21)15-30-33(8,9)23(2,3)4/h12,14,18-19,21H,15H2,1-11H3,(H,26,28,29)/b17-12+. The predicted molar refractivity (Wildman–Crippen MR) is 139 cm³/mol. The fraction of sp³-hybridized carbons (Fsp3) is 0.708. The molecule has 1 aliphatic rings. The van der Waals surface area contributed by atoms with Crippen molar-refractivity contribution in [3.05, 3.63) is 44.2 Å². The van der Waals surface area contributed by atoms with Crippen LogP contribution in [0, 0.1) is 18.3 Å². The highest BCUT2D eigenvalue weighted by Crippen LogP contribution is 2.44. The molecule has 3 unspecified atom stereocenters. The minimum atomic E-state index is -2.33. The molecule has 2 heterocycles. The summed E-state index contributed by atoms with van der Waals surface area (Å²) in [6.45, 7) is 23.3. The molecule has 0 radical (unpaired) electrons. The molecule has 0 saturated carbocycles. The summed E-state index contributed by atoms with van der Waals surface area (Å²) in [4.78, 5) is 27.1. The van der Waals surface area contributed by atoms with Crippen LogP contribution in [0.1, 0.15) is 53.3 Å². The van der Waals surface area contributed by atoms with Crippen LogP contribution in [0.4, 0.5) is 0 Å². The number of aromatic amines is 1. The number of aryl methyl sites for hydroxylation is 1. The molecule has 0 amide bonds. The van der Waals surface area contributed by atoms with E-state index in [4.69, 9.17) is 13.6 Å². The molecular formula is C24H41N3O5Si2. The summed E-state index contributed by atoms with van der Waals surface area (Å²) >= 11 is 0. The van der Waals surface area contributed by atoms with Crippen LogP contribution in [0.15, 0.2) is 27.4 Å². The molecule has 0 aliphatic carbocycles. The number of hydrogen-bond donors (Lipinski definition) is 1. The van der Waals surface area contributed by atoms with E-state index in [-0.39, 0.29) is 16.7 Å². The van der Waals surface area contributed by atoms with Gasteiger partial charge in [-0.25, -0.2) is 4.79 Å². The average Bonchev–Trinajstić information content (AvgIpc) is 2.98. The Balaban J connectivity index is 2.57. The monoisotopic (exact) mass is 507 g/mol. The summed E-state index contributed by atoms with van der Waals surface area (Å²) in [5, 5.41) is 9.50. The van der Waals surface area contributed by atoms with Gasteiger partial charge in [0, 0.05) is 23.4 Å². The van der Waals surface area contributed by atoms with E-state index >= 15 is 0 Å². The van der Waals surface area contributed by atoms with Gasteiger partial charge in [-0.05, 0) is 43.2 Å². The molecule has 0 spiro atoms. The minimum absolute atomic E-state index is 0.00806.